The van der Waals surface area contributed by atoms with Gasteiger partial charge in [0.05, 0.1) is 17.7 Å². The van der Waals surface area contributed by atoms with Crippen molar-refractivity contribution in [3.05, 3.63) is 64.3 Å². The molecule has 1 aromatic carbocycles. The summed E-state index contributed by atoms with van der Waals surface area (Å²) in [6.45, 7) is 3.35. The van der Waals surface area contributed by atoms with Gasteiger partial charge in [-0.2, -0.15) is 5.10 Å². The molecule has 31 heavy (non-hydrogen) atoms. The maximum atomic E-state index is 12.7. The summed E-state index contributed by atoms with van der Waals surface area (Å²) >= 11 is 1.59. The third kappa shape index (κ3) is 4.96. The summed E-state index contributed by atoms with van der Waals surface area (Å²) in [7, 11) is 1.68. The van der Waals surface area contributed by atoms with Gasteiger partial charge >= 0.3 is 0 Å². The summed E-state index contributed by atoms with van der Waals surface area (Å²) in [6, 6.07) is 15.2. The molecule has 1 aliphatic rings. The molecule has 3 heterocycles. The Morgan fingerprint density at radius 3 is 2.61 bits per heavy atom. The average Bonchev–Trinajstić information content (AvgIpc) is 3.35. The molecule has 0 unspecified atom stereocenters. The standard InChI is InChI=1S/C23H26N4O3S/c1-30-20-7-3-2-6-19(20)25-13-15-26(16-14-25)22(28)9-4-12-27-23(29)11-10-18(24-27)21-8-5-17-31-21/h2-3,5-8,10-11,17H,4,9,12-16H2,1H3. The smallest absolute Gasteiger partial charge is 0.266 e. The monoisotopic (exact) mass is 438 g/mol. The first-order valence-corrected chi connectivity index (χ1v) is 11.3. The van der Waals surface area contributed by atoms with E-state index in [0.29, 0.717) is 32.5 Å². The van der Waals surface area contributed by atoms with Gasteiger partial charge < -0.3 is 14.5 Å². The Hall–Kier alpha value is -3.13. The van der Waals surface area contributed by atoms with E-state index in [9.17, 15) is 9.59 Å². The Bertz CT molecular complexity index is 1070. The van der Waals surface area contributed by atoms with Crippen LogP contribution in [0.2, 0.25) is 0 Å². The highest BCUT2D eigenvalue weighted by atomic mass is 32.1. The summed E-state index contributed by atoms with van der Waals surface area (Å²) in [6.07, 6.45) is 0.998. The molecule has 0 bridgehead atoms. The number of rotatable bonds is 7. The number of carbonyl (C=O) groups excluding carboxylic acids is 1. The van der Waals surface area contributed by atoms with Crippen LogP contribution < -0.4 is 15.2 Å². The van der Waals surface area contributed by atoms with Crippen molar-refractivity contribution in [3.63, 3.8) is 0 Å². The van der Waals surface area contributed by atoms with Crippen molar-refractivity contribution in [1.29, 1.82) is 0 Å². The van der Waals surface area contributed by atoms with Gasteiger partial charge in [-0.1, -0.05) is 18.2 Å². The summed E-state index contributed by atoms with van der Waals surface area (Å²) < 4.78 is 6.91. The second-order valence-corrected chi connectivity index (χ2v) is 8.35. The minimum absolute atomic E-state index is 0.127. The number of methoxy groups -OCH3 is 1. The zero-order valence-corrected chi connectivity index (χ0v) is 18.4. The topological polar surface area (TPSA) is 67.7 Å². The van der Waals surface area contributed by atoms with Crippen molar-refractivity contribution in [2.45, 2.75) is 19.4 Å². The van der Waals surface area contributed by atoms with Crippen molar-refractivity contribution < 1.29 is 9.53 Å². The SMILES string of the molecule is COc1ccccc1N1CCN(C(=O)CCCn2nc(-c3cccs3)ccc2=O)CC1. The second kappa shape index (κ2) is 9.78. The molecule has 162 valence electrons. The van der Waals surface area contributed by atoms with Gasteiger partial charge in [0.1, 0.15) is 11.4 Å². The fourth-order valence-corrected chi connectivity index (χ4v) is 4.48. The molecule has 1 aliphatic heterocycles. The van der Waals surface area contributed by atoms with Crippen LogP contribution in [-0.2, 0) is 11.3 Å². The third-order valence-corrected chi connectivity index (χ3v) is 6.35. The Morgan fingerprint density at radius 1 is 1.06 bits per heavy atom. The average molecular weight is 439 g/mol. The number of hydrogen-bond acceptors (Lipinski definition) is 6. The maximum Gasteiger partial charge on any atom is 0.266 e. The molecule has 0 aliphatic carbocycles. The van der Waals surface area contributed by atoms with Crippen LogP contribution in [0.15, 0.2) is 58.7 Å². The lowest BCUT2D eigenvalue weighted by molar-refractivity contribution is -0.131. The van der Waals surface area contributed by atoms with E-state index in [-0.39, 0.29) is 11.5 Å². The van der Waals surface area contributed by atoms with Crippen LogP contribution in [-0.4, -0.2) is 53.9 Å². The van der Waals surface area contributed by atoms with Gasteiger partial charge in [-0.15, -0.1) is 11.3 Å². The minimum atomic E-state index is -0.141. The number of piperazine rings is 1. The highest BCUT2D eigenvalue weighted by Crippen LogP contribution is 2.28. The first-order chi connectivity index (χ1) is 15.2. The van der Waals surface area contributed by atoms with E-state index in [2.05, 4.69) is 10.00 Å². The van der Waals surface area contributed by atoms with Gasteiger partial charge in [0.15, 0.2) is 0 Å². The molecule has 0 saturated carbocycles. The Kier molecular flexibility index (Phi) is 6.66. The minimum Gasteiger partial charge on any atom is -0.495 e. The van der Waals surface area contributed by atoms with E-state index in [1.54, 1.807) is 30.6 Å². The Morgan fingerprint density at radius 2 is 1.87 bits per heavy atom. The summed E-state index contributed by atoms with van der Waals surface area (Å²) in [5, 5.41) is 6.44. The number of carbonyl (C=O) groups is 1. The van der Waals surface area contributed by atoms with E-state index < -0.39 is 0 Å². The molecular weight excluding hydrogens is 412 g/mol. The number of ether oxygens (including phenoxy) is 1. The van der Waals surface area contributed by atoms with Gasteiger partial charge in [0.2, 0.25) is 5.91 Å². The molecule has 1 fully saturated rings. The predicted octanol–water partition coefficient (Wildman–Crippen LogP) is 3.11. The van der Waals surface area contributed by atoms with Crippen LogP contribution >= 0.6 is 11.3 Å². The van der Waals surface area contributed by atoms with E-state index in [1.165, 1.54) is 4.68 Å². The maximum absolute atomic E-state index is 12.7. The van der Waals surface area contributed by atoms with Crippen LogP contribution in [0.1, 0.15) is 12.8 Å². The lowest BCUT2D eigenvalue weighted by Gasteiger charge is -2.36. The van der Waals surface area contributed by atoms with Crippen LogP contribution in [0, 0.1) is 0 Å². The van der Waals surface area contributed by atoms with Crippen molar-refractivity contribution >= 4 is 22.9 Å². The van der Waals surface area contributed by atoms with Crippen LogP contribution in [0.4, 0.5) is 5.69 Å². The van der Waals surface area contributed by atoms with E-state index in [0.717, 1.165) is 35.1 Å². The Labute approximate surface area is 185 Å². The fourth-order valence-electron chi connectivity index (χ4n) is 3.79. The molecule has 1 amide bonds. The zero-order chi connectivity index (χ0) is 21.6. The van der Waals surface area contributed by atoms with E-state index >= 15 is 0 Å². The number of anilines is 1. The van der Waals surface area contributed by atoms with Crippen molar-refractivity contribution in [1.82, 2.24) is 14.7 Å². The van der Waals surface area contributed by atoms with Gasteiger partial charge in [-0.25, -0.2) is 4.68 Å². The van der Waals surface area contributed by atoms with Crippen molar-refractivity contribution in [2.75, 3.05) is 38.2 Å². The first kappa shape index (κ1) is 21.1. The first-order valence-electron chi connectivity index (χ1n) is 10.4. The molecule has 0 radical (unpaired) electrons. The molecule has 7 nitrogen and oxygen atoms in total. The third-order valence-electron chi connectivity index (χ3n) is 5.46. The number of hydrogen-bond donors (Lipinski definition) is 0. The molecule has 2 aromatic heterocycles. The molecule has 8 heteroatoms. The van der Waals surface area contributed by atoms with Gasteiger partial charge in [0, 0.05) is 45.2 Å². The van der Waals surface area contributed by atoms with Gasteiger partial charge in [-0.05, 0) is 36.1 Å². The van der Waals surface area contributed by atoms with Gasteiger partial charge in [-0.3, -0.25) is 9.59 Å². The number of thiophene rings is 1. The Balaban J connectivity index is 1.29. The number of amides is 1. The second-order valence-electron chi connectivity index (χ2n) is 7.40. The molecule has 0 spiro atoms. The predicted molar refractivity (Wildman–Crippen MR) is 123 cm³/mol. The van der Waals surface area contributed by atoms with E-state index in [4.69, 9.17) is 4.74 Å². The molecule has 0 N–H and O–H groups in total. The number of aryl methyl sites for hydroxylation is 1. The van der Waals surface area contributed by atoms with E-state index in [1.807, 2.05) is 46.7 Å². The fraction of sp³-hybridized carbons (Fsp3) is 0.348. The summed E-state index contributed by atoms with van der Waals surface area (Å²) in [5.74, 6) is 0.979. The lowest BCUT2D eigenvalue weighted by Crippen LogP contribution is -2.48. The van der Waals surface area contributed by atoms with Crippen LogP contribution in [0.3, 0.4) is 0 Å². The number of aromatic nitrogens is 2. The van der Waals surface area contributed by atoms with Crippen LogP contribution in [0.5, 0.6) is 5.75 Å². The summed E-state index contributed by atoms with van der Waals surface area (Å²) in [5.41, 5.74) is 1.71. The molecule has 0 atom stereocenters. The summed E-state index contributed by atoms with van der Waals surface area (Å²) in [4.78, 5) is 30.0. The van der Waals surface area contributed by atoms with Crippen molar-refractivity contribution in [3.8, 4) is 16.3 Å². The zero-order valence-electron chi connectivity index (χ0n) is 17.6. The normalized spacial score (nSPS) is 14.0. The van der Waals surface area contributed by atoms with Gasteiger partial charge in [0.25, 0.3) is 5.56 Å². The largest absolute Gasteiger partial charge is 0.495 e. The van der Waals surface area contributed by atoms with Crippen LogP contribution in [0.25, 0.3) is 10.6 Å². The highest BCUT2D eigenvalue weighted by molar-refractivity contribution is 7.13. The lowest BCUT2D eigenvalue weighted by atomic mass is 10.2. The number of nitrogens with zero attached hydrogens (tertiary/aromatic N) is 4. The highest BCUT2D eigenvalue weighted by Gasteiger charge is 2.22. The molecule has 3 aromatic rings. The van der Waals surface area contributed by atoms with Crippen molar-refractivity contribution in [2.24, 2.45) is 0 Å². The molecular formula is C23H26N4O3S. The molecule has 4 rings (SSSR count). The quantitative estimate of drug-likeness (QED) is 0.567. The number of benzene rings is 1. The molecule has 1 saturated heterocycles. The number of para-hydroxylation sites is 2.